The van der Waals surface area contributed by atoms with Crippen molar-refractivity contribution in [3.63, 3.8) is 0 Å². The van der Waals surface area contributed by atoms with Crippen molar-refractivity contribution in [1.82, 2.24) is 19.7 Å². The van der Waals surface area contributed by atoms with Gasteiger partial charge in [0.05, 0.1) is 24.7 Å². The van der Waals surface area contributed by atoms with E-state index in [1.54, 1.807) is 24.3 Å². The van der Waals surface area contributed by atoms with Crippen LogP contribution in [-0.4, -0.2) is 63.5 Å². The molecular weight excluding hydrogens is 654 g/mol. The molecule has 0 saturated carbocycles. The Bertz CT molecular complexity index is 2050. The molecule has 1 saturated heterocycles. The monoisotopic (exact) mass is 703 g/mol. The molecule has 1 atom stereocenters. The highest BCUT2D eigenvalue weighted by molar-refractivity contribution is 6.05. The van der Waals surface area contributed by atoms with E-state index < -0.39 is 5.60 Å². The van der Waals surface area contributed by atoms with Gasteiger partial charge in [0.15, 0.2) is 11.5 Å². The smallest absolute Gasteiger partial charge is 0.410 e. The second-order valence-electron chi connectivity index (χ2n) is 14.7. The minimum absolute atomic E-state index is 0.0490. The van der Waals surface area contributed by atoms with Crippen LogP contribution in [0.3, 0.4) is 0 Å². The standard InChI is InChI=1S/C41H49N7O4/c1-26(2)34-18-15-31(22-27(34)3)45-39(49)29-10-8-11-30(23-29)43-35-19-20-42-38-36(35)37(46-48(38)24-28-13-16-33(51-7)17-14-28)44-32-12-9-21-47(25-32)40(50)52-41(4,5)6/h8,10-11,13-20,22-23,26,32H,9,12,21,24-25H2,1-7H3,(H,42,43)(H,44,46)(H,45,49)/t32-/m1/s1. The van der Waals surface area contributed by atoms with E-state index in [1.165, 1.54) is 5.56 Å². The first kappa shape index (κ1) is 36.2. The minimum Gasteiger partial charge on any atom is -0.497 e. The van der Waals surface area contributed by atoms with E-state index in [1.807, 2.05) is 86.1 Å². The fourth-order valence-corrected chi connectivity index (χ4v) is 6.60. The zero-order valence-corrected chi connectivity index (χ0v) is 31.1. The van der Waals surface area contributed by atoms with Crippen molar-refractivity contribution in [2.75, 3.05) is 36.1 Å². The predicted octanol–water partition coefficient (Wildman–Crippen LogP) is 8.73. The molecule has 5 aromatic rings. The third-order valence-electron chi connectivity index (χ3n) is 9.09. The van der Waals surface area contributed by atoms with Gasteiger partial charge in [0.25, 0.3) is 5.91 Å². The normalized spacial score (nSPS) is 14.7. The van der Waals surface area contributed by atoms with E-state index in [9.17, 15) is 9.59 Å². The SMILES string of the molecule is COc1ccc(Cn2nc(N[C@@H]3CCCN(C(=O)OC(C)(C)C)C3)c3c(Nc4cccc(C(=O)Nc5ccc(C(C)C)c(C)c5)c4)ccnc32)cc1. The van der Waals surface area contributed by atoms with Crippen LogP contribution in [0.25, 0.3) is 11.0 Å². The van der Waals surface area contributed by atoms with Crippen molar-refractivity contribution in [3.8, 4) is 5.75 Å². The highest BCUT2D eigenvalue weighted by Gasteiger charge is 2.29. The lowest BCUT2D eigenvalue weighted by molar-refractivity contribution is 0.0206. The maximum absolute atomic E-state index is 13.4. The van der Waals surface area contributed by atoms with Gasteiger partial charge < -0.3 is 30.3 Å². The summed E-state index contributed by atoms with van der Waals surface area (Å²) in [4.78, 5) is 32.9. The van der Waals surface area contributed by atoms with Gasteiger partial charge in [-0.05, 0) is 112 Å². The largest absolute Gasteiger partial charge is 0.497 e. The number of methoxy groups -OCH3 is 1. The Balaban J connectivity index is 1.28. The molecule has 6 rings (SSSR count). The highest BCUT2D eigenvalue weighted by Crippen LogP contribution is 2.33. The zero-order valence-electron chi connectivity index (χ0n) is 31.1. The first-order valence-electron chi connectivity index (χ1n) is 17.9. The van der Waals surface area contributed by atoms with Gasteiger partial charge in [0.2, 0.25) is 0 Å². The summed E-state index contributed by atoms with van der Waals surface area (Å²) in [5, 5.41) is 16.1. The Morgan fingerprint density at radius 3 is 2.50 bits per heavy atom. The van der Waals surface area contributed by atoms with Crippen molar-refractivity contribution in [1.29, 1.82) is 0 Å². The van der Waals surface area contributed by atoms with E-state index in [-0.39, 0.29) is 18.0 Å². The molecule has 0 aliphatic carbocycles. The fourth-order valence-electron chi connectivity index (χ4n) is 6.60. The molecule has 1 aliphatic heterocycles. The Hall–Kier alpha value is -5.58. The molecule has 0 bridgehead atoms. The van der Waals surface area contributed by atoms with Crippen LogP contribution in [0.5, 0.6) is 5.75 Å². The summed E-state index contributed by atoms with van der Waals surface area (Å²) in [6, 6.07) is 23.2. The second kappa shape index (κ2) is 15.3. The van der Waals surface area contributed by atoms with Gasteiger partial charge in [0, 0.05) is 42.3 Å². The summed E-state index contributed by atoms with van der Waals surface area (Å²) in [6.07, 6.45) is 3.14. The number of piperidine rings is 1. The molecule has 52 heavy (non-hydrogen) atoms. The van der Waals surface area contributed by atoms with Gasteiger partial charge in [0.1, 0.15) is 11.4 Å². The summed E-state index contributed by atoms with van der Waals surface area (Å²) in [5.41, 5.74) is 6.38. The maximum Gasteiger partial charge on any atom is 0.410 e. The minimum atomic E-state index is -0.573. The number of benzene rings is 3. The van der Waals surface area contributed by atoms with Gasteiger partial charge in [-0.25, -0.2) is 14.5 Å². The number of nitrogens with one attached hydrogen (secondary N) is 3. The topological polar surface area (TPSA) is 123 Å². The van der Waals surface area contributed by atoms with Crippen molar-refractivity contribution in [3.05, 3.63) is 101 Å². The number of carbonyl (C=O) groups is 2. The van der Waals surface area contributed by atoms with Crippen LogP contribution in [0.2, 0.25) is 0 Å². The number of fused-ring (bicyclic) bond motifs is 1. The number of aromatic nitrogens is 3. The van der Waals surface area contributed by atoms with Crippen molar-refractivity contribution >= 4 is 45.9 Å². The molecule has 1 fully saturated rings. The summed E-state index contributed by atoms with van der Waals surface area (Å²) >= 11 is 0. The number of hydrogen-bond donors (Lipinski definition) is 3. The van der Waals surface area contributed by atoms with Crippen LogP contribution in [0, 0.1) is 6.92 Å². The lowest BCUT2D eigenvalue weighted by Crippen LogP contribution is -2.47. The number of amides is 2. The molecule has 0 radical (unpaired) electrons. The molecule has 11 nitrogen and oxygen atoms in total. The van der Waals surface area contributed by atoms with E-state index in [0.717, 1.165) is 52.2 Å². The van der Waals surface area contributed by atoms with Crippen molar-refractivity contribution < 1.29 is 19.1 Å². The van der Waals surface area contributed by atoms with Gasteiger partial charge in [-0.1, -0.05) is 38.1 Å². The molecule has 2 amide bonds. The molecule has 1 aliphatic rings. The third kappa shape index (κ3) is 8.65. The van der Waals surface area contributed by atoms with Crippen molar-refractivity contribution in [2.24, 2.45) is 0 Å². The van der Waals surface area contributed by atoms with Crippen molar-refractivity contribution in [2.45, 2.75) is 78.5 Å². The molecule has 0 unspecified atom stereocenters. The first-order valence-corrected chi connectivity index (χ1v) is 17.9. The number of ether oxygens (including phenoxy) is 2. The third-order valence-corrected chi connectivity index (χ3v) is 9.09. The van der Waals surface area contributed by atoms with Crippen LogP contribution < -0.4 is 20.7 Å². The Morgan fingerprint density at radius 2 is 1.79 bits per heavy atom. The Labute approximate surface area is 305 Å². The predicted molar refractivity (Wildman–Crippen MR) is 207 cm³/mol. The van der Waals surface area contributed by atoms with E-state index >= 15 is 0 Å². The van der Waals surface area contributed by atoms with E-state index in [4.69, 9.17) is 19.6 Å². The van der Waals surface area contributed by atoms with Crippen LogP contribution in [0.15, 0.2) is 79.0 Å². The summed E-state index contributed by atoms with van der Waals surface area (Å²) in [6.45, 7) is 13.6. The number of hydrogen-bond acceptors (Lipinski definition) is 8. The van der Waals surface area contributed by atoms with Crippen LogP contribution in [0.1, 0.15) is 80.4 Å². The molecular formula is C41H49N7O4. The number of carbonyl (C=O) groups excluding carboxylic acids is 2. The number of pyridine rings is 1. The zero-order chi connectivity index (χ0) is 37.0. The number of rotatable bonds is 10. The Kier molecular flexibility index (Phi) is 10.7. The number of likely N-dealkylation sites (tertiary alicyclic amines) is 1. The average molecular weight is 704 g/mol. The van der Waals surface area contributed by atoms with Crippen LogP contribution >= 0.6 is 0 Å². The number of nitrogens with zero attached hydrogens (tertiary/aromatic N) is 4. The van der Waals surface area contributed by atoms with Crippen LogP contribution in [-0.2, 0) is 11.3 Å². The summed E-state index contributed by atoms with van der Waals surface area (Å²) in [5.74, 6) is 1.65. The van der Waals surface area contributed by atoms with Gasteiger partial charge in [-0.3, -0.25) is 4.79 Å². The maximum atomic E-state index is 13.4. The lowest BCUT2D eigenvalue weighted by Gasteiger charge is -2.34. The molecule has 3 N–H and O–H groups in total. The molecule has 3 heterocycles. The summed E-state index contributed by atoms with van der Waals surface area (Å²) in [7, 11) is 1.65. The fraction of sp³-hybridized carbons (Fsp3) is 0.366. The first-order chi connectivity index (χ1) is 24.9. The summed E-state index contributed by atoms with van der Waals surface area (Å²) < 4.78 is 12.9. The van der Waals surface area contributed by atoms with Crippen LogP contribution in [0.4, 0.5) is 27.7 Å². The molecule has 272 valence electrons. The quantitative estimate of drug-likeness (QED) is 0.132. The Morgan fingerprint density at radius 1 is 1.00 bits per heavy atom. The van der Waals surface area contributed by atoms with E-state index in [0.29, 0.717) is 42.6 Å². The molecule has 0 spiro atoms. The number of aryl methyl sites for hydroxylation is 1. The molecule has 3 aromatic carbocycles. The molecule has 11 heteroatoms. The molecule has 2 aromatic heterocycles. The average Bonchev–Trinajstić information content (AvgIpc) is 3.45. The van der Waals surface area contributed by atoms with Gasteiger partial charge in [-0.2, -0.15) is 5.10 Å². The second-order valence-corrected chi connectivity index (χ2v) is 14.7. The van der Waals surface area contributed by atoms with E-state index in [2.05, 4.69) is 42.8 Å². The van der Waals surface area contributed by atoms with Gasteiger partial charge >= 0.3 is 6.09 Å². The highest BCUT2D eigenvalue weighted by atomic mass is 16.6. The van der Waals surface area contributed by atoms with Gasteiger partial charge in [-0.15, -0.1) is 0 Å². The number of anilines is 4. The lowest BCUT2D eigenvalue weighted by atomic mass is 9.97.